The average Bonchev–Trinajstić information content (AvgIpc) is 3.02. The van der Waals surface area contributed by atoms with Gasteiger partial charge < -0.3 is 15.2 Å². The molecule has 0 spiro atoms. The first-order chi connectivity index (χ1) is 13.0. The number of carbonyl (C=O) groups is 3. The quantitative estimate of drug-likeness (QED) is 0.673. The number of cyclic esters (lactones) is 1. The summed E-state index contributed by atoms with van der Waals surface area (Å²) in [5.74, 6) is -2.15. The maximum Gasteiger partial charge on any atom is 0.325 e. The van der Waals surface area contributed by atoms with E-state index in [1.807, 2.05) is 30.3 Å². The molecule has 7 nitrogen and oxygen atoms in total. The minimum Gasteiger partial charge on any atom is -0.481 e. The van der Waals surface area contributed by atoms with E-state index >= 15 is 0 Å². The lowest BCUT2D eigenvalue weighted by Gasteiger charge is -2.16. The number of nitrogens with one attached hydrogen (secondary N) is 2. The Morgan fingerprint density at radius 3 is 2.33 bits per heavy atom. The van der Waals surface area contributed by atoms with Gasteiger partial charge in [0.15, 0.2) is 6.23 Å². The Bertz CT molecular complexity index is 864. The van der Waals surface area contributed by atoms with Crippen LogP contribution in [0.4, 0.5) is 0 Å². The van der Waals surface area contributed by atoms with E-state index in [1.165, 1.54) is 0 Å². The van der Waals surface area contributed by atoms with E-state index < -0.39 is 30.6 Å². The third kappa shape index (κ3) is 4.80. The van der Waals surface area contributed by atoms with E-state index in [0.29, 0.717) is 11.3 Å². The zero-order valence-electron chi connectivity index (χ0n) is 14.3. The third-order valence-corrected chi connectivity index (χ3v) is 3.95. The Balaban J connectivity index is 1.85. The predicted octanol–water partition coefficient (Wildman–Crippen LogP) is 1.77. The lowest BCUT2D eigenvalue weighted by Crippen LogP contribution is -2.39. The highest BCUT2D eigenvalue weighted by molar-refractivity contribution is 5.96. The van der Waals surface area contributed by atoms with Gasteiger partial charge in [0, 0.05) is 5.56 Å². The van der Waals surface area contributed by atoms with Crippen molar-refractivity contribution < 1.29 is 24.2 Å². The van der Waals surface area contributed by atoms with Gasteiger partial charge in [-0.2, -0.15) is 0 Å². The summed E-state index contributed by atoms with van der Waals surface area (Å²) in [6.45, 7) is 0. The fourth-order valence-electron chi connectivity index (χ4n) is 2.65. The molecule has 2 aromatic rings. The number of amides is 1. The number of rotatable bonds is 6. The summed E-state index contributed by atoms with van der Waals surface area (Å²) in [5.41, 5.74) is 1.56. The number of carboxylic acid groups (broad SMARTS) is 1. The number of carboxylic acids is 1. The minimum absolute atomic E-state index is 0.316. The second kappa shape index (κ2) is 8.29. The number of benzene rings is 2. The molecule has 1 saturated heterocycles. The Morgan fingerprint density at radius 2 is 1.70 bits per heavy atom. The first kappa shape index (κ1) is 18.3. The highest BCUT2D eigenvalue weighted by Gasteiger charge is 2.37. The van der Waals surface area contributed by atoms with Gasteiger partial charge in [0.25, 0.3) is 5.91 Å². The van der Waals surface area contributed by atoms with Crippen LogP contribution in [0.25, 0.3) is 6.08 Å². The molecule has 1 aliphatic rings. The Kier molecular flexibility index (Phi) is 5.63. The van der Waals surface area contributed by atoms with Crippen molar-refractivity contribution in [3.8, 4) is 0 Å². The molecule has 2 aromatic carbocycles. The predicted molar refractivity (Wildman–Crippen MR) is 97.4 cm³/mol. The zero-order valence-corrected chi connectivity index (χ0v) is 14.3. The normalized spacial score (nSPS) is 19.4. The molecule has 7 heteroatoms. The molecule has 0 bridgehead atoms. The maximum atomic E-state index is 12.5. The van der Waals surface area contributed by atoms with Gasteiger partial charge in [-0.1, -0.05) is 48.5 Å². The number of ether oxygens (including phenoxy) is 1. The molecule has 138 valence electrons. The van der Waals surface area contributed by atoms with Crippen LogP contribution in [0, 0.1) is 0 Å². The summed E-state index contributed by atoms with van der Waals surface area (Å²) < 4.78 is 5.25. The molecule has 0 radical (unpaired) electrons. The molecule has 0 aromatic heterocycles. The van der Waals surface area contributed by atoms with E-state index in [-0.39, 0.29) is 5.91 Å². The van der Waals surface area contributed by atoms with Crippen molar-refractivity contribution >= 4 is 23.9 Å². The lowest BCUT2D eigenvalue weighted by molar-refractivity contribution is -0.145. The molecular weight excluding hydrogens is 348 g/mol. The molecule has 1 amide bonds. The van der Waals surface area contributed by atoms with Gasteiger partial charge >= 0.3 is 11.9 Å². The average molecular weight is 366 g/mol. The van der Waals surface area contributed by atoms with Crippen LogP contribution in [0.3, 0.4) is 0 Å². The molecule has 2 unspecified atom stereocenters. The summed E-state index contributed by atoms with van der Waals surface area (Å²) in [7, 11) is 0. The third-order valence-electron chi connectivity index (χ3n) is 3.95. The molecule has 1 aliphatic heterocycles. The van der Waals surface area contributed by atoms with Gasteiger partial charge in [0.1, 0.15) is 6.04 Å². The second-order valence-corrected chi connectivity index (χ2v) is 5.96. The molecule has 2 atom stereocenters. The van der Waals surface area contributed by atoms with Crippen molar-refractivity contribution in [2.24, 2.45) is 0 Å². The topological polar surface area (TPSA) is 105 Å². The molecule has 3 rings (SSSR count). The van der Waals surface area contributed by atoms with Crippen LogP contribution < -0.4 is 10.6 Å². The van der Waals surface area contributed by atoms with Gasteiger partial charge in [0.2, 0.25) is 0 Å². The summed E-state index contributed by atoms with van der Waals surface area (Å²) in [6.07, 6.45) is 0.324. The molecule has 1 heterocycles. The number of esters is 1. The SMILES string of the molecule is O=C(O)CC1NC(/C(=C\c2ccccc2)NC(=O)c2ccccc2)OC1=O. The monoisotopic (exact) mass is 366 g/mol. The molecule has 0 aliphatic carbocycles. The number of aliphatic carboxylic acids is 1. The van der Waals surface area contributed by atoms with Gasteiger partial charge in [-0.25, -0.2) is 0 Å². The van der Waals surface area contributed by atoms with E-state index in [0.717, 1.165) is 5.56 Å². The Morgan fingerprint density at radius 1 is 1.07 bits per heavy atom. The highest BCUT2D eigenvalue weighted by Crippen LogP contribution is 2.17. The highest BCUT2D eigenvalue weighted by atomic mass is 16.6. The molecule has 0 saturated carbocycles. The van der Waals surface area contributed by atoms with Crippen molar-refractivity contribution in [1.82, 2.24) is 10.6 Å². The summed E-state index contributed by atoms with van der Waals surface area (Å²) >= 11 is 0. The van der Waals surface area contributed by atoms with Crippen LogP contribution in [-0.2, 0) is 14.3 Å². The van der Waals surface area contributed by atoms with Crippen molar-refractivity contribution in [3.63, 3.8) is 0 Å². The van der Waals surface area contributed by atoms with Crippen molar-refractivity contribution in [3.05, 3.63) is 77.5 Å². The lowest BCUT2D eigenvalue weighted by atomic mass is 10.1. The smallest absolute Gasteiger partial charge is 0.325 e. The number of hydrogen-bond donors (Lipinski definition) is 3. The Labute approximate surface area is 155 Å². The largest absolute Gasteiger partial charge is 0.481 e. The summed E-state index contributed by atoms with van der Waals surface area (Å²) in [6, 6.07) is 16.8. The van der Waals surface area contributed by atoms with Crippen LogP contribution in [0.2, 0.25) is 0 Å². The van der Waals surface area contributed by atoms with Crippen molar-refractivity contribution in [1.29, 1.82) is 0 Å². The van der Waals surface area contributed by atoms with Crippen molar-refractivity contribution in [2.75, 3.05) is 0 Å². The van der Waals surface area contributed by atoms with Crippen LogP contribution >= 0.6 is 0 Å². The molecule has 27 heavy (non-hydrogen) atoms. The standard InChI is InChI=1S/C20H18N2O5/c23-17(24)12-16-20(26)27-19(22-16)15(11-13-7-3-1-4-8-13)21-18(25)14-9-5-2-6-10-14/h1-11,16,19,22H,12H2,(H,21,25)(H,23,24)/b15-11+. The maximum absolute atomic E-state index is 12.5. The molecular formula is C20H18N2O5. The zero-order chi connectivity index (χ0) is 19.2. The summed E-state index contributed by atoms with van der Waals surface area (Å²) in [4.78, 5) is 35.4. The van der Waals surface area contributed by atoms with Gasteiger partial charge in [0.05, 0.1) is 12.1 Å². The van der Waals surface area contributed by atoms with Gasteiger partial charge in [-0.3, -0.25) is 19.7 Å². The van der Waals surface area contributed by atoms with E-state index in [1.54, 1.807) is 36.4 Å². The fourth-order valence-corrected chi connectivity index (χ4v) is 2.65. The first-order valence-electron chi connectivity index (χ1n) is 8.34. The minimum atomic E-state index is -1.12. The van der Waals surface area contributed by atoms with Crippen LogP contribution in [0.15, 0.2) is 66.4 Å². The van der Waals surface area contributed by atoms with E-state index in [2.05, 4.69) is 10.6 Å². The molecule has 3 N–H and O–H groups in total. The van der Waals surface area contributed by atoms with Crippen molar-refractivity contribution in [2.45, 2.75) is 18.7 Å². The molecule has 1 fully saturated rings. The first-order valence-corrected chi connectivity index (χ1v) is 8.34. The van der Waals surface area contributed by atoms with E-state index in [9.17, 15) is 14.4 Å². The number of hydrogen-bond acceptors (Lipinski definition) is 5. The van der Waals surface area contributed by atoms with Gasteiger partial charge in [-0.05, 0) is 23.8 Å². The van der Waals surface area contributed by atoms with Crippen LogP contribution in [-0.4, -0.2) is 35.2 Å². The fraction of sp³-hybridized carbons (Fsp3) is 0.150. The van der Waals surface area contributed by atoms with Gasteiger partial charge in [-0.15, -0.1) is 0 Å². The Hall–Kier alpha value is -3.45. The summed E-state index contributed by atoms with van der Waals surface area (Å²) in [5, 5.41) is 14.5. The van der Waals surface area contributed by atoms with Crippen LogP contribution in [0.1, 0.15) is 22.3 Å². The van der Waals surface area contributed by atoms with Crippen LogP contribution in [0.5, 0.6) is 0 Å². The van der Waals surface area contributed by atoms with E-state index in [4.69, 9.17) is 9.84 Å². The number of carbonyl (C=O) groups excluding carboxylic acids is 2. The second-order valence-electron chi connectivity index (χ2n) is 5.96.